The average Bonchev–Trinajstić information content (AvgIpc) is 2.63. The molecule has 0 aromatic heterocycles. The molecule has 1 aromatic carbocycles. The Morgan fingerprint density at radius 2 is 1.93 bits per heavy atom. The van der Waals surface area contributed by atoms with Crippen molar-refractivity contribution in [3.05, 3.63) is 34.9 Å². The largest absolute Gasteiger partial charge is 0.379 e. The van der Waals surface area contributed by atoms with Gasteiger partial charge in [0, 0.05) is 30.2 Å². The molecule has 28 heavy (non-hydrogen) atoms. The van der Waals surface area contributed by atoms with Crippen molar-refractivity contribution in [2.75, 3.05) is 32.8 Å². The van der Waals surface area contributed by atoms with Crippen molar-refractivity contribution < 1.29 is 9.53 Å². The van der Waals surface area contributed by atoms with E-state index in [0.29, 0.717) is 6.54 Å². The molecule has 8 heteroatoms. The molecule has 1 heterocycles. The lowest BCUT2D eigenvalue weighted by atomic mass is 9.74. The first-order chi connectivity index (χ1) is 12.5. The van der Waals surface area contributed by atoms with Gasteiger partial charge in [-0.25, -0.2) is 0 Å². The van der Waals surface area contributed by atoms with Gasteiger partial charge in [0.15, 0.2) is 0 Å². The van der Waals surface area contributed by atoms with Gasteiger partial charge in [-0.2, -0.15) is 0 Å². The summed E-state index contributed by atoms with van der Waals surface area (Å²) in [5.41, 5.74) is 7.15. The number of hydrogen-bond acceptors (Lipinski definition) is 4. The predicted molar refractivity (Wildman–Crippen MR) is 119 cm³/mol. The number of halogens is 3. The third kappa shape index (κ3) is 6.48. The van der Waals surface area contributed by atoms with Crippen LogP contribution in [0.15, 0.2) is 24.3 Å². The van der Waals surface area contributed by atoms with Crippen LogP contribution in [0, 0.1) is 5.92 Å². The maximum absolute atomic E-state index is 12.8. The second-order valence-electron chi connectivity index (χ2n) is 7.77. The molecule has 1 aliphatic carbocycles. The lowest BCUT2D eigenvalue weighted by molar-refractivity contribution is -0.128. The average molecular weight is 453 g/mol. The number of ether oxygens (including phenoxy) is 1. The van der Waals surface area contributed by atoms with Gasteiger partial charge < -0.3 is 15.8 Å². The fourth-order valence-corrected chi connectivity index (χ4v) is 4.27. The molecule has 3 unspecified atom stereocenters. The quantitative estimate of drug-likeness (QED) is 0.716. The van der Waals surface area contributed by atoms with E-state index < -0.39 is 5.54 Å². The topological polar surface area (TPSA) is 67.6 Å². The van der Waals surface area contributed by atoms with E-state index in [0.717, 1.165) is 62.6 Å². The monoisotopic (exact) mass is 451 g/mol. The van der Waals surface area contributed by atoms with Crippen molar-refractivity contribution in [2.45, 2.75) is 44.2 Å². The molecule has 160 valence electrons. The van der Waals surface area contributed by atoms with Crippen LogP contribution in [-0.4, -0.2) is 49.2 Å². The van der Waals surface area contributed by atoms with E-state index >= 15 is 0 Å². The summed E-state index contributed by atoms with van der Waals surface area (Å²) in [4.78, 5) is 15.2. The third-order valence-corrected chi connectivity index (χ3v) is 6.03. The van der Waals surface area contributed by atoms with Crippen LogP contribution in [0.2, 0.25) is 5.02 Å². The summed E-state index contributed by atoms with van der Waals surface area (Å²) in [5.74, 6) is -0.0197. The summed E-state index contributed by atoms with van der Waals surface area (Å²) >= 11 is 6.05. The van der Waals surface area contributed by atoms with Crippen molar-refractivity contribution in [2.24, 2.45) is 11.7 Å². The number of carbonyl (C=O) groups is 1. The summed E-state index contributed by atoms with van der Waals surface area (Å²) in [6.07, 6.45) is 3.98. The van der Waals surface area contributed by atoms with Crippen LogP contribution >= 0.6 is 36.4 Å². The van der Waals surface area contributed by atoms with Gasteiger partial charge in [0.2, 0.25) is 5.91 Å². The molecule has 3 atom stereocenters. The predicted octanol–water partition coefficient (Wildman–Crippen LogP) is 3.58. The maximum Gasteiger partial charge on any atom is 0.225 e. The normalized spacial score (nSPS) is 26.5. The Kier molecular flexibility index (Phi) is 10.5. The van der Waals surface area contributed by atoms with E-state index in [4.69, 9.17) is 22.1 Å². The van der Waals surface area contributed by atoms with Gasteiger partial charge in [-0.1, -0.05) is 36.6 Å². The molecule has 1 saturated heterocycles. The molecule has 1 saturated carbocycles. The van der Waals surface area contributed by atoms with Gasteiger partial charge in [0.05, 0.1) is 25.2 Å². The molecule has 5 nitrogen and oxygen atoms in total. The van der Waals surface area contributed by atoms with Crippen molar-refractivity contribution >= 4 is 42.3 Å². The molecule has 2 fully saturated rings. The second kappa shape index (κ2) is 11.6. The number of carbonyl (C=O) groups excluding carboxylic acids is 1. The Labute approximate surface area is 185 Å². The number of nitrogens with zero attached hydrogens (tertiary/aromatic N) is 1. The van der Waals surface area contributed by atoms with Crippen molar-refractivity contribution in [3.63, 3.8) is 0 Å². The van der Waals surface area contributed by atoms with E-state index in [2.05, 4.69) is 10.2 Å². The van der Waals surface area contributed by atoms with Crippen LogP contribution in [0.5, 0.6) is 0 Å². The Bertz CT molecular complexity index is 607. The van der Waals surface area contributed by atoms with E-state index in [1.807, 2.05) is 31.2 Å². The SMILES string of the molecule is CC1(N)CCCCC1C(=O)NCC(c1ccc(Cl)cc1)N1CCOCC1.Cl.Cl. The smallest absolute Gasteiger partial charge is 0.225 e. The molecule has 3 rings (SSSR count). The Balaban J connectivity index is 0.00000196. The highest BCUT2D eigenvalue weighted by atomic mass is 35.5. The highest BCUT2D eigenvalue weighted by Gasteiger charge is 2.38. The summed E-state index contributed by atoms with van der Waals surface area (Å²) in [6.45, 7) is 5.76. The van der Waals surface area contributed by atoms with Crippen LogP contribution in [-0.2, 0) is 9.53 Å². The number of nitrogens with two attached hydrogens (primary N) is 1. The maximum atomic E-state index is 12.8. The Hall–Kier alpha value is -0.560. The fraction of sp³-hybridized carbons (Fsp3) is 0.650. The zero-order chi connectivity index (χ0) is 18.6. The number of amides is 1. The Morgan fingerprint density at radius 1 is 1.29 bits per heavy atom. The van der Waals surface area contributed by atoms with Crippen LogP contribution in [0.1, 0.15) is 44.2 Å². The molecule has 0 radical (unpaired) electrons. The van der Waals surface area contributed by atoms with Gasteiger partial charge in [-0.05, 0) is 37.5 Å². The minimum absolute atomic E-state index is 0. The standard InChI is InChI=1S/C20H30ClN3O2.2ClH/c1-20(22)9-3-2-4-17(20)19(25)23-14-18(24-10-12-26-13-11-24)15-5-7-16(21)8-6-15;;/h5-8,17-18H,2-4,9-14,22H2,1H3,(H,23,25);2*1H. The first kappa shape index (κ1) is 25.5. The molecule has 1 aromatic rings. The van der Waals surface area contributed by atoms with Gasteiger partial charge in [-0.15, -0.1) is 24.8 Å². The lowest BCUT2D eigenvalue weighted by Crippen LogP contribution is -2.54. The fourth-order valence-electron chi connectivity index (χ4n) is 4.14. The van der Waals surface area contributed by atoms with Crippen molar-refractivity contribution in [1.29, 1.82) is 0 Å². The number of benzene rings is 1. The van der Waals surface area contributed by atoms with Crippen LogP contribution in [0.25, 0.3) is 0 Å². The minimum atomic E-state index is -0.406. The summed E-state index contributed by atoms with van der Waals surface area (Å²) in [7, 11) is 0. The second-order valence-corrected chi connectivity index (χ2v) is 8.20. The molecular weight excluding hydrogens is 421 g/mol. The first-order valence-corrected chi connectivity index (χ1v) is 9.99. The van der Waals surface area contributed by atoms with Gasteiger partial charge in [-0.3, -0.25) is 9.69 Å². The summed E-state index contributed by atoms with van der Waals surface area (Å²) in [5, 5.41) is 3.91. The van der Waals surface area contributed by atoms with Crippen LogP contribution in [0.4, 0.5) is 0 Å². The number of nitrogens with one attached hydrogen (secondary N) is 1. The minimum Gasteiger partial charge on any atom is -0.379 e. The zero-order valence-electron chi connectivity index (χ0n) is 16.4. The number of hydrogen-bond donors (Lipinski definition) is 2. The lowest BCUT2D eigenvalue weighted by Gasteiger charge is -2.38. The van der Waals surface area contributed by atoms with Crippen LogP contribution < -0.4 is 11.1 Å². The molecule has 1 aliphatic heterocycles. The third-order valence-electron chi connectivity index (χ3n) is 5.78. The van der Waals surface area contributed by atoms with E-state index in [1.54, 1.807) is 0 Å². The molecule has 0 bridgehead atoms. The van der Waals surface area contributed by atoms with Gasteiger partial charge in [0.25, 0.3) is 0 Å². The molecule has 1 amide bonds. The number of morpholine rings is 1. The van der Waals surface area contributed by atoms with Crippen molar-refractivity contribution in [3.8, 4) is 0 Å². The molecule has 2 aliphatic rings. The number of rotatable bonds is 5. The highest BCUT2D eigenvalue weighted by molar-refractivity contribution is 6.30. The molecule has 3 N–H and O–H groups in total. The van der Waals surface area contributed by atoms with Crippen LogP contribution in [0.3, 0.4) is 0 Å². The van der Waals surface area contributed by atoms with E-state index in [1.165, 1.54) is 0 Å². The Morgan fingerprint density at radius 3 is 2.54 bits per heavy atom. The van der Waals surface area contributed by atoms with E-state index in [-0.39, 0.29) is 42.7 Å². The first-order valence-electron chi connectivity index (χ1n) is 9.61. The summed E-state index contributed by atoms with van der Waals surface area (Å²) < 4.78 is 5.49. The van der Waals surface area contributed by atoms with Gasteiger partial charge >= 0.3 is 0 Å². The van der Waals surface area contributed by atoms with Gasteiger partial charge in [0.1, 0.15) is 0 Å². The van der Waals surface area contributed by atoms with Crippen molar-refractivity contribution in [1.82, 2.24) is 10.2 Å². The van der Waals surface area contributed by atoms with E-state index in [9.17, 15) is 4.79 Å². The molecular formula is C20H32Cl3N3O2. The molecule has 0 spiro atoms. The zero-order valence-corrected chi connectivity index (χ0v) is 18.8. The summed E-state index contributed by atoms with van der Waals surface area (Å²) in [6, 6.07) is 8.02. The highest BCUT2D eigenvalue weighted by Crippen LogP contribution is 2.32.